The number of aliphatic carboxylic acids is 1. The number of ether oxygens (including phenoxy) is 1. The van der Waals surface area contributed by atoms with Gasteiger partial charge in [-0.1, -0.05) is 30.3 Å². The summed E-state index contributed by atoms with van der Waals surface area (Å²) in [6, 6.07) is 11.6. The molecule has 9 heteroatoms. The van der Waals surface area contributed by atoms with E-state index in [1.54, 1.807) is 30.3 Å². The van der Waals surface area contributed by atoms with Crippen LogP contribution in [-0.2, 0) is 9.59 Å². The summed E-state index contributed by atoms with van der Waals surface area (Å²) in [7, 11) is 0. The second-order valence-corrected chi connectivity index (χ2v) is 5.28. The highest BCUT2D eigenvalue weighted by atomic mass is 16.6. The number of carboxylic acids is 1. The Labute approximate surface area is 148 Å². The molecule has 136 valence electrons. The number of nitro benzene ring substituents is 1. The van der Waals surface area contributed by atoms with E-state index in [0.29, 0.717) is 5.56 Å². The Kier molecular flexibility index (Phi) is 6.23. The van der Waals surface area contributed by atoms with Crippen molar-refractivity contribution in [3.63, 3.8) is 0 Å². The Morgan fingerprint density at radius 3 is 2.27 bits per heavy atom. The van der Waals surface area contributed by atoms with Crippen molar-refractivity contribution in [3.05, 3.63) is 70.3 Å². The van der Waals surface area contributed by atoms with Crippen molar-refractivity contribution in [1.82, 2.24) is 5.32 Å². The molecule has 2 atom stereocenters. The lowest BCUT2D eigenvalue weighted by molar-refractivity contribution is -0.384. The lowest BCUT2D eigenvalue weighted by Crippen LogP contribution is -2.46. The highest BCUT2D eigenvalue weighted by molar-refractivity contribution is 5.85. The molecule has 2 unspecified atom stereocenters. The number of carboxylic acid groups (broad SMARTS) is 1. The minimum Gasteiger partial charge on any atom is -0.484 e. The van der Waals surface area contributed by atoms with Crippen LogP contribution in [0, 0.1) is 10.1 Å². The van der Waals surface area contributed by atoms with Crippen LogP contribution in [0.25, 0.3) is 0 Å². The second kappa shape index (κ2) is 8.58. The predicted octanol–water partition coefficient (Wildman–Crippen LogP) is 1.28. The van der Waals surface area contributed by atoms with Crippen LogP contribution in [0.5, 0.6) is 5.75 Å². The maximum absolute atomic E-state index is 11.9. The number of carbonyl (C=O) groups excluding carboxylic acids is 1. The van der Waals surface area contributed by atoms with Crippen LogP contribution in [0.3, 0.4) is 0 Å². The zero-order valence-electron chi connectivity index (χ0n) is 13.4. The molecule has 0 aliphatic heterocycles. The van der Waals surface area contributed by atoms with Gasteiger partial charge in [0.1, 0.15) is 11.9 Å². The van der Waals surface area contributed by atoms with Crippen molar-refractivity contribution >= 4 is 17.6 Å². The molecule has 0 aromatic heterocycles. The fourth-order valence-corrected chi connectivity index (χ4v) is 2.15. The van der Waals surface area contributed by atoms with Crippen LogP contribution < -0.4 is 10.1 Å². The van der Waals surface area contributed by atoms with Gasteiger partial charge in [-0.2, -0.15) is 0 Å². The molecule has 2 aromatic rings. The number of hydrogen-bond acceptors (Lipinski definition) is 6. The largest absolute Gasteiger partial charge is 0.484 e. The molecule has 2 rings (SSSR count). The first-order valence-corrected chi connectivity index (χ1v) is 7.51. The van der Waals surface area contributed by atoms with Gasteiger partial charge in [-0.05, 0) is 17.7 Å². The summed E-state index contributed by atoms with van der Waals surface area (Å²) in [6.45, 7) is -0.511. The fraction of sp³-hybridized carbons (Fsp3) is 0.176. The molecule has 0 bridgehead atoms. The summed E-state index contributed by atoms with van der Waals surface area (Å²) in [5, 5.41) is 32.2. The molecule has 2 aromatic carbocycles. The Morgan fingerprint density at radius 1 is 1.12 bits per heavy atom. The molecule has 0 heterocycles. The highest BCUT2D eigenvalue weighted by Gasteiger charge is 2.29. The van der Waals surface area contributed by atoms with Crippen molar-refractivity contribution in [3.8, 4) is 5.75 Å². The van der Waals surface area contributed by atoms with Gasteiger partial charge in [-0.3, -0.25) is 14.9 Å². The van der Waals surface area contributed by atoms with Crippen LogP contribution in [0.4, 0.5) is 5.69 Å². The van der Waals surface area contributed by atoms with Gasteiger partial charge in [0.15, 0.2) is 12.6 Å². The van der Waals surface area contributed by atoms with Crippen LogP contribution in [0.1, 0.15) is 11.7 Å². The minimum atomic E-state index is -1.55. The monoisotopic (exact) mass is 360 g/mol. The summed E-state index contributed by atoms with van der Waals surface area (Å²) in [6.07, 6.45) is -1.43. The van der Waals surface area contributed by atoms with E-state index in [1.165, 1.54) is 24.3 Å². The second-order valence-electron chi connectivity index (χ2n) is 5.28. The van der Waals surface area contributed by atoms with E-state index in [-0.39, 0.29) is 11.4 Å². The first kappa shape index (κ1) is 18.9. The average molecular weight is 360 g/mol. The third-order valence-electron chi connectivity index (χ3n) is 3.46. The number of non-ortho nitro benzene ring substituents is 1. The fourth-order valence-electron chi connectivity index (χ4n) is 2.15. The number of nitrogens with zero attached hydrogens (tertiary/aromatic N) is 1. The minimum absolute atomic E-state index is 0.126. The molecule has 0 saturated carbocycles. The van der Waals surface area contributed by atoms with Crippen molar-refractivity contribution in [2.24, 2.45) is 0 Å². The number of nitrogens with one attached hydrogen (secondary N) is 1. The van der Waals surface area contributed by atoms with E-state index in [1.807, 2.05) is 0 Å². The molecule has 0 aliphatic carbocycles. The normalized spacial score (nSPS) is 12.7. The lowest BCUT2D eigenvalue weighted by atomic mass is 10.0. The highest BCUT2D eigenvalue weighted by Crippen LogP contribution is 2.18. The van der Waals surface area contributed by atoms with Gasteiger partial charge in [0.05, 0.1) is 4.92 Å². The Bertz CT molecular complexity index is 777. The number of benzene rings is 2. The summed E-state index contributed by atoms with van der Waals surface area (Å²) in [5.74, 6) is -1.95. The summed E-state index contributed by atoms with van der Waals surface area (Å²) in [5.41, 5.74) is 0.218. The van der Waals surface area contributed by atoms with Crippen LogP contribution >= 0.6 is 0 Å². The summed E-state index contributed by atoms with van der Waals surface area (Å²) < 4.78 is 5.16. The first-order valence-electron chi connectivity index (χ1n) is 7.51. The lowest BCUT2D eigenvalue weighted by Gasteiger charge is -2.20. The number of rotatable bonds is 8. The zero-order chi connectivity index (χ0) is 19.1. The number of amides is 1. The number of aliphatic hydroxyl groups is 1. The molecular weight excluding hydrogens is 344 g/mol. The summed E-state index contributed by atoms with van der Waals surface area (Å²) in [4.78, 5) is 33.3. The number of hydrogen-bond donors (Lipinski definition) is 3. The molecule has 9 nitrogen and oxygen atoms in total. The van der Waals surface area contributed by atoms with E-state index < -0.39 is 35.6 Å². The third-order valence-corrected chi connectivity index (χ3v) is 3.46. The molecule has 26 heavy (non-hydrogen) atoms. The van der Waals surface area contributed by atoms with Gasteiger partial charge >= 0.3 is 5.97 Å². The van der Waals surface area contributed by atoms with Crippen molar-refractivity contribution < 1.29 is 29.5 Å². The van der Waals surface area contributed by atoms with E-state index in [9.17, 15) is 29.9 Å². The molecule has 1 amide bonds. The van der Waals surface area contributed by atoms with E-state index in [4.69, 9.17) is 4.74 Å². The SMILES string of the molecule is O=C(COc1ccc([N+](=O)[O-])cc1)NC(C(=O)O)C(O)c1ccccc1. The summed E-state index contributed by atoms with van der Waals surface area (Å²) >= 11 is 0. The van der Waals surface area contributed by atoms with Gasteiger partial charge in [-0.25, -0.2) is 4.79 Å². The van der Waals surface area contributed by atoms with E-state index in [2.05, 4.69) is 5.32 Å². The van der Waals surface area contributed by atoms with Gasteiger partial charge in [0, 0.05) is 12.1 Å². The maximum Gasteiger partial charge on any atom is 0.329 e. The average Bonchev–Trinajstić information content (AvgIpc) is 2.64. The number of nitro groups is 1. The molecule has 0 radical (unpaired) electrons. The van der Waals surface area contributed by atoms with Gasteiger partial charge < -0.3 is 20.3 Å². The molecule has 0 aliphatic rings. The first-order chi connectivity index (χ1) is 12.4. The zero-order valence-corrected chi connectivity index (χ0v) is 13.4. The van der Waals surface area contributed by atoms with Crippen molar-refractivity contribution in [2.45, 2.75) is 12.1 Å². The maximum atomic E-state index is 11.9. The van der Waals surface area contributed by atoms with Crippen LogP contribution in [-0.4, -0.2) is 39.7 Å². The predicted molar refractivity (Wildman–Crippen MR) is 89.6 cm³/mol. The Hall–Kier alpha value is -3.46. The van der Waals surface area contributed by atoms with Gasteiger partial charge in [0.2, 0.25) is 0 Å². The van der Waals surface area contributed by atoms with Gasteiger partial charge in [0.25, 0.3) is 11.6 Å². The smallest absolute Gasteiger partial charge is 0.329 e. The van der Waals surface area contributed by atoms with Crippen molar-refractivity contribution in [1.29, 1.82) is 0 Å². The van der Waals surface area contributed by atoms with Crippen LogP contribution in [0.2, 0.25) is 0 Å². The van der Waals surface area contributed by atoms with Gasteiger partial charge in [-0.15, -0.1) is 0 Å². The Balaban J connectivity index is 1.95. The molecule has 0 fully saturated rings. The van der Waals surface area contributed by atoms with Crippen LogP contribution in [0.15, 0.2) is 54.6 Å². The standard InChI is InChI=1S/C17H16N2O7/c20-14(10-26-13-8-6-12(7-9-13)19(24)25)18-15(17(22)23)16(21)11-4-2-1-3-5-11/h1-9,15-16,21H,10H2,(H,18,20)(H,22,23). The quantitative estimate of drug-likeness (QED) is 0.476. The van der Waals surface area contributed by atoms with Crippen molar-refractivity contribution in [2.75, 3.05) is 6.61 Å². The van der Waals surface area contributed by atoms with E-state index in [0.717, 1.165) is 0 Å². The number of carbonyl (C=O) groups is 2. The number of aliphatic hydroxyl groups excluding tert-OH is 1. The third kappa shape index (κ3) is 5.02. The topological polar surface area (TPSA) is 139 Å². The molecule has 3 N–H and O–H groups in total. The molecular formula is C17H16N2O7. The molecule has 0 spiro atoms. The van der Waals surface area contributed by atoms with E-state index >= 15 is 0 Å². The molecule has 0 saturated heterocycles. The Morgan fingerprint density at radius 2 is 1.73 bits per heavy atom.